The Balaban J connectivity index is 4.79. The second-order valence-electron chi connectivity index (χ2n) is 11.0. The first kappa shape index (κ1) is 35.4. The molecule has 0 saturated carbocycles. The number of unbranched alkanes of at least 4 members (excludes halogenated alkanes) is 3. The maximum Gasteiger partial charge on any atom is 0.339 e. The topological polar surface area (TPSA) is 99.1 Å². The van der Waals surface area contributed by atoms with Crippen LogP contribution in [0.2, 0.25) is 0 Å². The smallest absolute Gasteiger partial charge is 0.339 e. The van der Waals surface area contributed by atoms with Crippen molar-refractivity contribution in [1.29, 1.82) is 0 Å². The molecule has 218 valence electrons. The molecule has 3 unspecified atom stereocenters. The molecule has 37 heavy (non-hydrogen) atoms. The molecular weight excluding hydrogens is 472 g/mol. The summed E-state index contributed by atoms with van der Waals surface area (Å²) in [6.07, 6.45) is 10.1. The zero-order chi connectivity index (χ0) is 28.1. The average Bonchev–Trinajstić information content (AvgIpc) is 2.86. The summed E-state index contributed by atoms with van der Waals surface area (Å²) in [5.41, 5.74) is -2.29. The van der Waals surface area contributed by atoms with E-state index < -0.39 is 36.4 Å². The number of hydrogen-bond donors (Lipinski definition) is 1. The van der Waals surface area contributed by atoms with E-state index in [1.54, 1.807) is 0 Å². The molecule has 0 radical (unpaired) electrons. The van der Waals surface area contributed by atoms with Crippen LogP contribution < -0.4 is 0 Å². The van der Waals surface area contributed by atoms with E-state index in [9.17, 15) is 19.5 Å². The third-order valence-corrected chi connectivity index (χ3v) is 7.38. The number of ether oxygens (including phenoxy) is 3. The van der Waals surface area contributed by atoms with Gasteiger partial charge < -0.3 is 19.3 Å². The van der Waals surface area contributed by atoms with Crippen molar-refractivity contribution in [3.63, 3.8) is 0 Å². The van der Waals surface area contributed by atoms with Crippen LogP contribution in [0.25, 0.3) is 0 Å². The highest BCUT2D eigenvalue weighted by Crippen LogP contribution is 2.21. The van der Waals surface area contributed by atoms with E-state index in [1.165, 1.54) is 0 Å². The molecule has 1 N–H and O–H groups in total. The lowest BCUT2D eigenvalue weighted by atomic mass is 9.95. The van der Waals surface area contributed by atoms with Gasteiger partial charge in [-0.15, -0.1) is 0 Å². The fraction of sp³-hybridized carbons (Fsp3) is 0.900. The van der Waals surface area contributed by atoms with Crippen LogP contribution in [0, 0.1) is 17.8 Å². The quantitative estimate of drug-likeness (QED) is 0.0886. The second-order valence-corrected chi connectivity index (χ2v) is 11.0. The predicted octanol–water partition coefficient (Wildman–Crippen LogP) is 6.78. The molecule has 7 heteroatoms. The maximum atomic E-state index is 12.8. The van der Waals surface area contributed by atoms with Crippen molar-refractivity contribution in [2.45, 2.75) is 137 Å². The molecule has 0 heterocycles. The number of hydrogen-bond acceptors (Lipinski definition) is 7. The van der Waals surface area contributed by atoms with Crippen molar-refractivity contribution >= 4 is 17.9 Å². The third-order valence-electron chi connectivity index (χ3n) is 7.38. The predicted molar refractivity (Wildman–Crippen MR) is 147 cm³/mol. The molecule has 0 aromatic heterocycles. The zero-order valence-electron chi connectivity index (χ0n) is 24.6. The highest BCUT2D eigenvalue weighted by molar-refractivity contribution is 5.90. The Bertz CT molecular complexity index is 585. The monoisotopic (exact) mass is 528 g/mol. The molecule has 0 aliphatic carbocycles. The summed E-state index contributed by atoms with van der Waals surface area (Å²) in [7, 11) is 0. The fourth-order valence-electron chi connectivity index (χ4n) is 3.85. The van der Waals surface area contributed by atoms with Gasteiger partial charge >= 0.3 is 17.9 Å². The van der Waals surface area contributed by atoms with Gasteiger partial charge in [-0.1, -0.05) is 80.1 Å². The van der Waals surface area contributed by atoms with Crippen molar-refractivity contribution in [3.8, 4) is 0 Å². The Morgan fingerprint density at radius 1 is 0.595 bits per heavy atom. The third kappa shape index (κ3) is 18.3. The average molecular weight is 529 g/mol. The second kappa shape index (κ2) is 21.3. The van der Waals surface area contributed by atoms with E-state index in [0.29, 0.717) is 37.0 Å². The van der Waals surface area contributed by atoms with Gasteiger partial charge in [0.1, 0.15) is 0 Å². The van der Waals surface area contributed by atoms with Crippen molar-refractivity contribution in [2.75, 3.05) is 19.8 Å². The van der Waals surface area contributed by atoms with Crippen LogP contribution in [0.15, 0.2) is 0 Å². The Morgan fingerprint density at radius 2 is 0.919 bits per heavy atom. The fourth-order valence-corrected chi connectivity index (χ4v) is 3.85. The lowest BCUT2D eigenvalue weighted by Crippen LogP contribution is -2.45. The Kier molecular flexibility index (Phi) is 20.4. The van der Waals surface area contributed by atoms with Crippen LogP contribution >= 0.6 is 0 Å². The molecule has 0 saturated heterocycles. The van der Waals surface area contributed by atoms with Gasteiger partial charge in [-0.25, -0.2) is 4.79 Å². The molecule has 0 fully saturated rings. The van der Waals surface area contributed by atoms with Gasteiger partial charge in [-0.05, 0) is 56.3 Å². The number of esters is 3. The van der Waals surface area contributed by atoms with Crippen LogP contribution in [-0.2, 0) is 28.6 Å². The summed E-state index contributed by atoms with van der Waals surface area (Å²) in [4.78, 5) is 37.6. The van der Waals surface area contributed by atoms with E-state index in [0.717, 1.165) is 57.8 Å². The number of carbonyl (C=O) groups excluding carboxylic acids is 3. The van der Waals surface area contributed by atoms with E-state index in [1.807, 2.05) is 0 Å². The van der Waals surface area contributed by atoms with Crippen molar-refractivity contribution in [2.24, 2.45) is 17.8 Å². The van der Waals surface area contributed by atoms with E-state index in [2.05, 4.69) is 41.5 Å². The minimum Gasteiger partial charge on any atom is -0.466 e. The first-order chi connectivity index (χ1) is 17.6. The molecule has 0 aliphatic heterocycles. The highest BCUT2D eigenvalue weighted by Gasteiger charge is 2.43. The molecule has 0 amide bonds. The molecular formula is C30H56O7. The molecule has 0 rings (SSSR count). The van der Waals surface area contributed by atoms with Crippen LogP contribution in [0.3, 0.4) is 0 Å². The summed E-state index contributed by atoms with van der Waals surface area (Å²) in [6, 6.07) is 0. The Hall–Kier alpha value is -1.63. The molecule has 7 nitrogen and oxygen atoms in total. The van der Waals surface area contributed by atoms with E-state index in [-0.39, 0.29) is 19.8 Å². The molecule has 0 aliphatic rings. The summed E-state index contributed by atoms with van der Waals surface area (Å²) < 4.78 is 15.8. The molecule has 3 atom stereocenters. The van der Waals surface area contributed by atoms with Crippen molar-refractivity contribution in [1.82, 2.24) is 0 Å². The summed E-state index contributed by atoms with van der Waals surface area (Å²) in [5.74, 6) is -0.558. The minimum atomic E-state index is -2.29. The van der Waals surface area contributed by atoms with Crippen LogP contribution in [0.5, 0.6) is 0 Å². The largest absolute Gasteiger partial charge is 0.466 e. The minimum absolute atomic E-state index is 0.132. The maximum absolute atomic E-state index is 12.8. The molecule has 0 bridgehead atoms. The summed E-state index contributed by atoms with van der Waals surface area (Å²) >= 11 is 0. The highest BCUT2D eigenvalue weighted by atomic mass is 16.6. The normalized spacial score (nSPS) is 15.3. The lowest BCUT2D eigenvalue weighted by Gasteiger charge is -2.24. The van der Waals surface area contributed by atoms with Gasteiger partial charge in [0, 0.05) is 0 Å². The van der Waals surface area contributed by atoms with Crippen LogP contribution in [0.1, 0.15) is 131 Å². The standard InChI is InChI=1S/C30H56O7/c1-7-24(4)16-10-13-19-35-27(31)22-30(34,29(33)37-21-15-12-18-26(6)9-3)23-28(32)36-20-14-11-17-25(5)8-2/h24-26,34H,7-23H2,1-6H3. The van der Waals surface area contributed by atoms with Gasteiger partial charge in [0.15, 0.2) is 5.60 Å². The van der Waals surface area contributed by atoms with Gasteiger partial charge in [0.05, 0.1) is 32.7 Å². The number of rotatable bonds is 23. The molecule has 0 spiro atoms. The van der Waals surface area contributed by atoms with Crippen molar-refractivity contribution < 1.29 is 33.7 Å². The first-order valence-corrected chi connectivity index (χ1v) is 14.8. The molecule has 0 aromatic rings. The molecule has 0 aromatic carbocycles. The van der Waals surface area contributed by atoms with Gasteiger partial charge in [0.25, 0.3) is 0 Å². The van der Waals surface area contributed by atoms with Crippen LogP contribution in [0.4, 0.5) is 0 Å². The van der Waals surface area contributed by atoms with Gasteiger partial charge in [0.2, 0.25) is 0 Å². The Labute approximate surface area is 226 Å². The summed E-state index contributed by atoms with van der Waals surface area (Å²) in [5, 5.41) is 11.0. The number of carbonyl (C=O) groups is 3. The van der Waals surface area contributed by atoms with Crippen molar-refractivity contribution in [3.05, 3.63) is 0 Å². The number of aliphatic hydroxyl groups is 1. The van der Waals surface area contributed by atoms with E-state index in [4.69, 9.17) is 14.2 Å². The van der Waals surface area contributed by atoms with Crippen LogP contribution in [-0.4, -0.2) is 48.4 Å². The SMILES string of the molecule is CCC(C)CCCCOC(=O)CC(O)(CC(=O)OCCCCC(C)CC)C(=O)OCCCCC(C)CC. The van der Waals surface area contributed by atoms with Gasteiger partial charge in [-0.3, -0.25) is 9.59 Å². The van der Waals surface area contributed by atoms with Gasteiger partial charge in [-0.2, -0.15) is 0 Å². The lowest BCUT2D eigenvalue weighted by molar-refractivity contribution is -0.178. The Morgan fingerprint density at radius 3 is 1.24 bits per heavy atom. The first-order valence-electron chi connectivity index (χ1n) is 14.8. The van der Waals surface area contributed by atoms with E-state index >= 15 is 0 Å². The zero-order valence-corrected chi connectivity index (χ0v) is 24.6. The summed E-state index contributed by atoms with van der Waals surface area (Å²) in [6.45, 7) is 13.6.